The molecule has 16 heavy (non-hydrogen) atoms. The number of hydrogen-bond donors (Lipinski definition) is 0. The number of hydrogen-bond acceptors (Lipinski definition) is 1. The Balaban J connectivity index is 2.95. The van der Waals surface area contributed by atoms with Crippen molar-refractivity contribution < 1.29 is 4.74 Å². The molecule has 4 heteroatoms. The Bertz CT molecular complexity index is 325. The number of halogens is 3. The van der Waals surface area contributed by atoms with Crippen LogP contribution in [0.5, 0.6) is 5.75 Å². The molecule has 90 valence electrons. The summed E-state index contributed by atoms with van der Waals surface area (Å²) in [5.41, 5.74) is 1.22. The molecule has 1 aromatic carbocycles. The van der Waals surface area contributed by atoms with E-state index in [9.17, 15) is 0 Å². The Morgan fingerprint density at radius 3 is 2.00 bits per heavy atom. The smallest absolute Gasteiger partial charge is 0.148 e. The van der Waals surface area contributed by atoms with Crippen LogP contribution in [-0.2, 0) is 5.33 Å². The molecule has 0 spiro atoms. The van der Waals surface area contributed by atoms with E-state index >= 15 is 0 Å². The van der Waals surface area contributed by atoms with E-state index in [1.807, 2.05) is 0 Å². The molecule has 0 fully saturated rings. The van der Waals surface area contributed by atoms with Crippen LogP contribution in [0.1, 0.15) is 32.3 Å². The lowest BCUT2D eigenvalue weighted by Gasteiger charge is -2.18. The Morgan fingerprint density at radius 2 is 1.62 bits per heavy atom. The standard InChI is InChI=1S/C12H15Br3O/c1-3-9(4-2)16-12-10(14)5-8(7-13)6-11(12)15/h5-6,9H,3-4,7H2,1-2H3. The van der Waals surface area contributed by atoms with Gasteiger partial charge in [0.1, 0.15) is 5.75 Å². The van der Waals surface area contributed by atoms with Crippen molar-refractivity contribution in [1.29, 1.82) is 0 Å². The van der Waals surface area contributed by atoms with Crippen LogP contribution < -0.4 is 4.74 Å². The maximum absolute atomic E-state index is 5.96. The average molecular weight is 415 g/mol. The second-order valence-electron chi connectivity index (χ2n) is 3.58. The molecule has 0 aliphatic rings. The van der Waals surface area contributed by atoms with Crippen LogP contribution in [0.2, 0.25) is 0 Å². The van der Waals surface area contributed by atoms with E-state index in [-0.39, 0.29) is 6.10 Å². The molecule has 0 bridgehead atoms. The molecule has 0 aromatic heterocycles. The molecule has 0 radical (unpaired) electrons. The van der Waals surface area contributed by atoms with Gasteiger partial charge in [0.2, 0.25) is 0 Å². The van der Waals surface area contributed by atoms with E-state index in [2.05, 4.69) is 73.8 Å². The Kier molecular flexibility index (Phi) is 6.37. The van der Waals surface area contributed by atoms with Crippen LogP contribution in [0.4, 0.5) is 0 Å². The molecule has 0 saturated heterocycles. The van der Waals surface area contributed by atoms with Gasteiger partial charge in [-0.1, -0.05) is 29.8 Å². The molecule has 0 heterocycles. The van der Waals surface area contributed by atoms with Crippen molar-refractivity contribution in [3.8, 4) is 5.75 Å². The molecule has 0 aliphatic carbocycles. The van der Waals surface area contributed by atoms with E-state index in [0.29, 0.717) is 0 Å². The maximum Gasteiger partial charge on any atom is 0.148 e. The summed E-state index contributed by atoms with van der Waals surface area (Å²) in [5.74, 6) is 0.901. The molecular weight excluding hydrogens is 400 g/mol. The highest BCUT2D eigenvalue weighted by Crippen LogP contribution is 2.36. The summed E-state index contributed by atoms with van der Waals surface area (Å²) in [6.07, 6.45) is 2.33. The van der Waals surface area contributed by atoms with Gasteiger partial charge in [-0.25, -0.2) is 0 Å². The minimum Gasteiger partial charge on any atom is -0.488 e. The van der Waals surface area contributed by atoms with Crippen molar-refractivity contribution in [3.63, 3.8) is 0 Å². The minimum absolute atomic E-state index is 0.280. The summed E-state index contributed by atoms with van der Waals surface area (Å²) >= 11 is 10.5. The maximum atomic E-state index is 5.96. The van der Waals surface area contributed by atoms with Crippen LogP contribution in [0.3, 0.4) is 0 Å². The minimum atomic E-state index is 0.280. The van der Waals surface area contributed by atoms with Gasteiger partial charge in [0.05, 0.1) is 15.0 Å². The molecule has 0 unspecified atom stereocenters. The highest BCUT2D eigenvalue weighted by Gasteiger charge is 2.12. The summed E-state index contributed by atoms with van der Waals surface area (Å²) < 4.78 is 7.97. The Labute approximate surface area is 122 Å². The molecule has 1 nitrogen and oxygen atoms in total. The van der Waals surface area contributed by atoms with Crippen LogP contribution in [0, 0.1) is 0 Å². The summed E-state index contributed by atoms with van der Waals surface area (Å²) in [7, 11) is 0. The van der Waals surface area contributed by atoms with Gasteiger partial charge in [-0.2, -0.15) is 0 Å². The molecule has 0 amide bonds. The van der Waals surface area contributed by atoms with Gasteiger partial charge in [-0.15, -0.1) is 0 Å². The third-order valence-corrected chi connectivity index (χ3v) is 4.23. The fourth-order valence-corrected chi connectivity index (χ4v) is 3.22. The second kappa shape index (κ2) is 7.02. The Morgan fingerprint density at radius 1 is 1.12 bits per heavy atom. The first-order valence-corrected chi connectivity index (χ1v) is 8.03. The zero-order chi connectivity index (χ0) is 12.1. The number of alkyl halides is 1. The lowest BCUT2D eigenvalue weighted by molar-refractivity contribution is 0.190. The van der Waals surface area contributed by atoms with Gasteiger partial charge >= 0.3 is 0 Å². The monoisotopic (exact) mass is 412 g/mol. The van der Waals surface area contributed by atoms with E-state index in [1.165, 1.54) is 5.56 Å². The fraction of sp³-hybridized carbons (Fsp3) is 0.500. The summed E-state index contributed by atoms with van der Waals surface area (Å²) in [5, 5.41) is 0.843. The van der Waals surface area contributed by atoms with Gasteiger partial charge in [0.25, 0.3) is 0 Å². The van der Waals surface area contributed by atoms with E-state index < -0.39 is 0 Å². The highest BCUT2D eigenvalue weighted by atomic mass is 79.9. The normalized spacial score (nSPS) is 10.9. The van der Waals surface area contributed by atoms with E-state index in [4.69, 9.17) is 4.74 Å². The fourth-order valence-electron chi connectivity index (χ4n) is 1.42. The zero-order valence-corrected chi connectivity index (χ0v) is 14.2. The summed E-state index contributed by atoms with van der Waals surface area (Å²) in [4.78, 5) is 0. The number of benzene rings is 1. The van der Waals surface area contributed by atoms with Crippen molar-refractivity contribution >= 4 is 47.8 Å². The van der Waals surface area contributed by atoms with Gasteiger partial charge in [-0.3, -0.25) is 0 Å². The third kappa shape index (κ3) is 3.74. The largest absolute Gasteiger partial charge is 0.488 e. The number of ether oxygens (including phenoxy) is 1. The first-order valence-electron chi connectivity index (χ1n) is 5.32. The molecule has 0 aliphatic heterocycles. The first kappa shape index (κ1) is 14.5. The Hall–Kier alpha value is 0.460. The van der Waals surface area contributed by atoms with Crippen molar-refractivity contribution in [3.05, 3.63) is 26.6 Å². The predicted molar refractivity (Wildman–Crippen MR) is 79.5 cm³/mol. The van der Waals surface area contributed by atoms with Crippen LogP contribution in [0.15, 0.2) is 21.1 Å². The van der Waals surface area contributed by atoms with Gasteiger partial charge in [0.15, 0.2) is 0 Å². The van der Waals surface area contributed by atoms with Crippen molar-refractivity contribution in [1.82, 2.24) is 0 Å². The van der Waals surface area contributed by atoms with Crippen LogP contribution >= 0.6 is 47.8 Å². The van der Waals surface area contributed by atoms with Crippen LogP contribution in [-0.4, -0.2) is 6.10 Å². The lowest BCUT2D eigenvalue weighted by atomic mass is 10.2. The van der Waals surface area contributed by atoms with Gasteiger partial charge in [-0.05, 0) is 62.4 Å². The lowest BCUT2D eigenvalue weighted by Crippen LogP contribution is -2.14. The predicted octanol–water partition coefficient (Wildman–Crippen LogP) is 5.67. The van der Waals surface area contributed by atoms with Crippen LogP contribution in [0.25, 0.3) is 0 Å². The summed E-state index contributed by atoms with van der Waals surface area (Å²) in [6, 6.07) is 4.16. The van der Waals surface area contributed by atoms with Crippen molar-refractivity contribution in [2.75, 3.05) is 0 Å². The van der Waals surface area contributed by atoms with Crippen molar-refractivity contribution in [2.24, 2.45) is 0 Å². The van der Waals surface area contributed by atoms with Gasteiger partial charge < -0.3 is 4.74 Å². The highest BCUT2D eigenvalue weighted by molar-refractivity contribution is 9.11. The molecule has 0 atom stereocenters. The molecule has 1 aromatic rings. The topological polar surface area (TPSA) is 9.23 Å². The first-order chi connectivity index (χ1) is 7.62. The quantitative estimate of drug-likeness (QED) is 0.563. The second-order valence-corrected chi connectivity index (χ2v) is 5.85. The zero-order valence-electron chi connectivity index (χ0n) is 9.40. The molecule has 1 rings (SSSR count). The van der Waals surface area contributed by atoms with E-state index in [0.717, 1.165) is 32.9 Å². The van der Waals surface area contributed by atoms with E-state index in [1.54, 1.807) is 0 Å². The third-order valence-electron chi connectivity index (χ3n) is 2.41. The van der Waals surface area contributed by atoms with Gasteiger partial charge in [0, 0.05) is 5.33 Å². The SMILES string of the molecule is CCC(CC)Oc1c(Br)cc(CBr)cc1Br. The average Bonchev–Trinajstić information content (AvgIpc) is 2.28. The number of rotatable bonds is 5. The van der Waals surface area contributed by atoms with Crippen molar-refractivity contribution in [2.45, 2.75) is 38.1 Å². The summed E-state index contributed by atoms with van der Waals surface area (Å²) in [6.45, 7) is 4.28. The molecular formula is C12H15Br3O. The molecule has 0 N–H and O–H groups in total. The molecule has 0 saturated carbocycles.